The van der Waals surface area contributed by atoms with Gasteiger partial charge in [0, 0.05) is 71.0 Å². The molecule has 3 aromatic rings. The summed E-state index contributed by atoms with van der Waals surface area (Å²) in [5, 5.41) is 3.36. The van der Waals surface area contributed by atoms with Gasteiger partial charge in [-0.25, -0.2) is 9.97 Å². The normalized spacial score (nSPS) is 20.6. The number of fused-ring (bicyclic) bond motifs is 2. The number of rotatable bonds is 5. The zero-order chi connectivity index (χ0) is 21.9. The van der Waals surface area contributed by atoms with Crippen molar-refractivity contribution >= 4 is 22.4 Å². The lowest BCUT2D eigenvalue weighted by Crippen LogP contribution is -2.54. The molecular formula is C25H27N5OS. The van der Waals surface area contributed by atoms with Crippen molar-refractivity contribution < 1.29 is 4.21 Å². The van der Waals surface area contributed by atoms with E-state index < -0.39 is 10.8 Å². The molecule has 7 heteroatoms. The molecule has 0 bridgehead atoms. The Hall–Kier alpha value is -2.64. The van der Waals surface area contributed by atoms with Gasteiger partial charge in [-0.15, -0.1) is 0 Å². The van der Waals surface area contributed by atoms with E-state index in [0.717, 1.165) is 41.5 Å². The molecule has 1 spiro atoms. The molecule has 1 aromatic carbocycles. The van der Waals surface area contributed by atoms with Gasteiger partial charge in [-0.05, 0) is 48.2 Å². The van der Waals surface area contributed by atoms with Crippen molar-refractivity contribution in [1.82, 2.24) is 20.3 Å². The van der Waals surface area contributed by atoms with E-state index in [2.05, 4.69) is 46.4 Å². The molecule has 1 aliphatic carbocycles. The van der Waals surface area contributed by atoms with Crippen molar-refractivity contribution in [2.75, 3.05) is 30.3 Å². The molecule has 1 atom stereocenters. The molecule has 3 aliphatic rings. The summed E-state index contributed by atoms with van der Waals surface area (Å²) in [7, 11) is -0.973. The van der Waals surface area contributed by atoms with Crippen molar-refractivity contribution in [2.24, 2.45) is 0 Å². The van der Waals surface area contributed by atoms with Crippen LogP contribution in [0.4, 0.5) is 11.6 Å². The van der Waals surface area contributed by atoms with Crippen LogP contribution in [-0.2, 0) is 21.6 Å². The Bertz CT molecular complexity index is 1220. The first-order valence-electron chi connectivity index (χ1n) is 11.3. The molecule has 2 aromatic heterocycles. The summed E-state index contributed by atoms with van der Waals surface area (Å²) >= 11 is 0. The third-order valence-electron chi connectivity index (χ3n) is 7.33. The molecule has 1 N–H and O–H groups in total. The highest BCUT2D eigenvalue weighted by Gasteiger charge is 2.52. The first kappa shape index (κ1) is 20.0. The molecule has 6 rings (SSSR count). The van der Waals surface area contributed by atoms with Gasteiger partial charge >= 0.3 is 0 Å². The van der Waals surface area contributed by atoms with Gasteiger partial charge in [-0.3, -0.25) is 9.19 Å². The van der Waals surface area contributed by atoms with Crippen LogP contribution in [-0.4, -0.2) is 44.5 Å². The number of hydrogen-bond donors (Lipinski definition) is 1. The van der Waals surface area contributed by atoms with E-state index in [-0.39, 0.29) is 10.8 Å². The van der Waals surface area contributed by atoms with Crippen LogP contribution in [0.1, 0.15) is 37.8 Å². The minimum atomic E-state index is -0.973. The average Bonchev–Trinajstić information content (AvgIpc) is 3.53. The third kappa shape index (κ3) is 3.10. The topological polar surface area (TPSA) is 71.0 Å². The van der Waals surface area contributed by atoms with Crippen LogP contribution in [0.2, 0.25) is 0 Å². The largest absolute Gasteiger partial charge is 0.315 e. The number of nitrogens with one attached hydrogen (secondary N) is 1. The summed E-state index contributed by atoms with van der Waals surface area (Å²) in [5.74, 6) is 1.32. The van der Waals surface area contributed by atoms with Gasteiger partial charge in [0.05, 0.1) is 16.5 Å². The second-order valence-electron chi connectivity index (χ2n) is 9.55. The van der Waals surface area contributed by atoms with Crippen LogP contribution in [0.15, 0.2) is 53.8 Å². The van der Waals surface area contributed by atoms with Gasteiger partial charge in [-0.2, -0.15) is 0 Å². The Labute approximate surface area is 191 Å². The molecule has 32 heavy (non-hydrogen) atoms. The zero-order valence-electron chi connectivity index (χ0n) is 18.5. The maximum absolute atomic E-state index is 12.4. The van der Waals surface area contributed by atoms with Crippen LogP contribution in [0.25, 0.3) is 11.3 Å². The van der Waals surface area contributed by atoms with Gasteiger partial charge in [0.1, 0.15) is 0 Å². The van der Waals surface area contributed by atoms with Crippen LogP contribution in [0.3, 0.4) is 0 Å². The fraction of sp³-hybridized carbons (Fsp3) is 0.400. The van der Waals surface area contributed by atoms with Gasteiger partial charge in [0.2, 0.25) is 5.95 Å². The van der Waals surface area contributed by atoms with Crippen LogP contribution in [0.5, 0.6) is 0 Å². The van der Waals surface area contributed by atoms with Crippen molar-refractivity contribution in [2.45, 2.75) is 42.4 Å². The Kier molecular flexibility index (Phi) is 4.49. The van der Waals surface area contributed by atoms with E-state index in [4.69, 9.17) is 9.97 Å². The third-order valence-corrected chi connectivity index (χ3v) is 8.64. The number of aromatic nitrogens is 3. The number of pyridine rings is 1. The molecule has 4 heterocycles. The SMILES string of the molecule is CCS(=O)c1ccc2c(c1)N(c1ncc(-c3cc(C4(C)CNC4)ccn3)cn1)CC21CC1. The van der Waals surface area contributed by atoms with Crippen LogP contribution >= 0.6 is 0 Å². The number of anilines is 2. The Morgan fingerprint density at radius 3 is 2.53 bits per heavy atom. The molecular weight excluding hydrogens is 418 g/mol. The molecule has 1 saturated heterocycles. The molecule has 2 fully saturated rings. The lowest BCUT2D eigenvalue weighted by atomic mass is 9.77. The second-order valence-corrected chi connectivity index (χ2v) is 11.3. The number of hydrogen-bond acceptors (Lipinski definition) is 6. The first-order valence-corrected chi connectivity index (χ1v) is 12.6. The Balaban J connectivity index is 1.32. The van der Waals surface area contributed by atoms with E-state index in [1.807, 2.05) is 31.6 Å². The molecule has 0 amide bonds. The highest BCUT2D eigenvalue weighted by molar-refractivity contribution is 7.85. The van der Waals surface area contributed by atoms with Crippen molar-refractivity contribution in [1.29, 1.82) is 0 Å². The Morgan fingerprint density at radius 1 is 1.09 bits per heavy atom. The summed E-state index contributed by atoms with van der Waals surface area (Å²) < 4.78 is 12.4. The quantitative estimate of drug-likeness (QED) is 0.646. The lowest BCUT2D eigenvalue weighted by Gasteiger charge is -2.40. The maximum atomic E-state index is 12.4. The van der Waals surface area contributed by atoms with E-state index in [0.29, 0.717) is 11.7 Å². The highest BCUT2D eigenvalue weighted by atomic mass is 32.2. The molecule has 1 saturated carbocycles. The summed E-state index contributed by atoms with van der Waals surface area (Å²) in [4.78, 5) is 17.1. The summed E-state index contributed by atoms with van der Waals surface area (Å²) in [6.45, 7) is 7.11. The molecule has 164 valence electrons. The van der Waals surface area contributed by atoms with E-state index in [1.165, 1.54) is 24.0 Å². The second kappa shape index (κ2) is 7.18. The predicted octanol–water partition coefficient (Wildman–Crippen LogP) is 3.71. The molecule has 0 radical (unpaired) electrons. The summed E-state index contributed by atoms with van der Waals surface area (Å²) in [6, 6.07) is 10.6. The summed E-state index contributed by atoms with van der Waals surface area (Å²) in [6.07, 6.45) is 8.01. The molecule has 2 aliphatic heterocycles. The predicted molar refractivity (Wildman–Crippen MR) is 127 cm³/mol. The van der Waals surface area contributed by atoms with Crippen LogP contribution in [0, 0.1) is 0 Å². The van der Waals surface area contributed by atoms with Crippen molar-refractivity contribution in [3.05, 3.63) is 60.0 Å². The smallest absolute Gasteiger partial charge is 0.229 e. The first-order chi connectivity index (χ1) is 15.5. The maximum Gasteiger partial charge on any atom is 0.229 e. The van der Waals surface area contributed by atoms with Gasteiger partial charge in [0.25, 0.3) is 0 Å². The number of benzene rings is 1. The fourth-order valence-electron chi connectivity index (χ4n) is 4.98. The lowest BCUT2D eigenvalue weighted by molar-refractivity contribution is 0.305. The highest BCUT2D eigenvalue weighted by Crippen LogP contribution is 2.57. The van der Waals surface area contributed by atoms with Gasteiger partial charge in [-0.1, -0.05) is 19.9 Å². The van der Waals surface area contributed by atoms with E-state index in [9.17, 15) is 4.21 Å². The minimum Gasteiger partial charge on any atom is -0.315 e. The standard InChI is InChI=1S/C25H27N5OS/c1-3-32(31)19-4-5-20-22(11-19)30(16-25(20)7-8-25)23-28-12-17(13-29-23)21-10-18(6-9-27-21)24(2)14-26-15-24/h4-6,9-13,26H,3,7-8,14-16H2,1-2H3. The minimum absolute atomic E-state index is 0.173. The van der Waals surface area contributed by atoms with E-state index in [1.54, 1.807) is 0 Å². The summed E-state index contributed by atoms with van der Waals surface area (Å²) in [5.41, 5.74) is 5.97. The van der Waals surface area contributed by atoms with E-state index >= 15 is 0 Å². The zero-order valence-corrected chi connectivity index (χ0v) is 19.3. The fourth-order valence-corrected chi connectivity index (χ4v) is 5.78. The molecule has 1 unspecified atom stereocenters. The van der Waals surface area contributed by atoms with Crippen molar-refractivity contribution in [3.8, 4) is 11.3 Å². The Morgan fingerprint density at radius 2 is 1.88 bits per heavy atom. The average molecular weight is 446 g/mol. The van der Waals surface area contributed by atoms with Crippen molar-refractivity contribution in [3.63, 3.8) is 0 Å². The van der Waals surface area contributed by atoms with Crippen LogP contribution < -0.4 is 10.2 Å². The number of nitrogens with zero attached hydrogens (tertiary/aromatic N) is 4. The van der Waals surface area contributed by atoms with Gasteiger partial charge in [0.15, 0.2) is 0 Å². The van der Waals surface area contributed by atoms with Gasteiger partial charge < -0.3 is 10.2 Å². The molecule has 6 nitrogen and oxygen atoms in total. The monoisotopic (exact) mass is 445 g/mol.